The number of fused-ring (bicyclic) bond motifs is 1. The molecule has 244 valence electrons. The Morgan fingerprint density at radius 1 is 0.844 bits per heavy atom. The van der Waals surface area contributed by atoms with Gasteiger partial charge in [0.25, 0.3) is 5.91 Å². The van der Waals surface area contributed by atoms with Gasteiger partial charge in [-0.2, -0.15) is 0 Å². The molecule has 7 nitrogen and oxygen atoms in total. The highest BCUT2D eigenvalue weighted by molar-refractivity contribution is 6.00. The molecule has 3 amide bonds. The molecule has 0 aliphatic heterocycles. The van der Waals surface area contributed by atoms with Crippen molar-refractivity contribution in [1.29, 1.82) is 0 Å². The Hall–Kier alpha value is -3.87. The number of benzene rings is 3. The number of alkyl carbamates (subject to hydrolysis) is 1. The van der Waals surface area contributed by atoms with Crippen LogP contribution in [-0.4, -0.2) is 41.0 Å². The maximum Gasteiger partial charge on any atom is 0.408 e. The zero-order valence-electron chi connectivity index (χ0n) is 28.5. The predicted molar refractivity (Wildman–Crippen MR) is 184 cm³/mol. The van der Waals surface area contributed by atoms with Crippen molar-refractivity contribution in [3.63, 3.8) is 0 Å². The van der Waals surface area contributed by atoms with E-state index in [1.165, 1.54) is 0 Å². The standard InChI is InChI=1S/C38H53N3O4/c1-9-10-11-12-15-22-41(36(43)33(23-26(2)3)40-37(44)45-38(6,7)8)34(31-19-18-27(4)28(5)24-31)35(42)39-32-21-20-29-16-13-14-17-30(29)25-32/h13-14,16-21,24-26,33-34H,9-12,15,22-23H2,1-8H3,(H,39,42)(H,40,44). The average Bonchev–Trinajstić information content (AvgIpc) is 2.96. The molecule has 0 aromatic heterocycles. The molecule has 2 N–H and O–H groups in total. The number of rotatable bonds is 14. The molecule has 0 fully saturated rings. The molecule has 45 heavy (non-hydrogen) atoms. The van der Waals surface area contributed by atoms with Crippen molar-refractivity contribution >= 4 is 34.4 Å². The van der Waals surface area contributed by atoms with Crippen LogP contribution < -0.4 is 10.6 Å². The first kappa shape index (κ1) is 35.6. The molecule has 0 radical (unpaired) electrons. The summed E-state index contributed by atoms with van der Waals surface area (Å²) in [6.07, 6.45) is 4.74. The number of aryl methyl sites for hydroxylation is 2. The number of hydrogen-bond donors (Lipinski definition) is 2. The summed E-state index contributed by atoms with van der Waals surface area (Å²) in [5.74, 6) is -0.468. The van der Waals surface area contributed by atoms with E-state index in [2.05, 4.69) is 17.6 Å². The van der Waals surface area contributed by atoms with Crippen molar-refractivity contribution < 1.29 is 19.1 Å². The number of ether oxygens (including phenoxy) is 1. The third-order valence-electron chi connectivity index (χ3n) is 7.91. The van der Waals surface area contributed by atoms with Crippen molar-refractivity contribution in [2.45, 2.75) is 112 Å². The van der Waals surface area contributed by atoms with Crippen LogP contribution in [0.1, 0.15) is 103 Å². The number of amides is 3. The van der Waals surface area contributed by atoms with Crippen LogP contribution >= 0.6 is 0 Å². The molecule has 0 saturated carbocycles. The Balaban J connectivity index is 2.05. The topological polar surface area (TPSA) is 87.7 Å². The van der Waals surface area contributed by atoms with Crippen LogP contribution in [0.3, 0.4) is 0 Å². The molecule has 0 aliphatic rings. The van der Waals surface area contributed by atoms with E-state index in [1.807, 2.05) is 88.4 Å². The van der Waals surface area contributed by atoms with Gasteiger partial charge in [-0.25, -0.2) is 4.79 Å². The molecule has 3 aromatic carbocycles. The zero-order chi connectivity index (χ0) is 33.1. The number of unbranched alkanes of at least 4 members (excludes halogenated alkanes) is 4. The fourth-order valence-electron chi connectivity index (χ4n) is 5.48. The first-order valence-corrected chi connectivity index (χ1v) is 16.5. The monoisotopic (exact) mass is 615 g/mol. The summed E-state index contributed by atoms with van der Waals surface area (Å²) in [5, 5.41) is 8.06. The van der Waals surface area contributed by atoms with Gasteiger partial charge in [0.2, 0.25) is 5.91 Å². The number of carbonyl (C=O) groups excluding carboxylic acids is 3. The summed E-state index contributed by atoms with van der Waals surface area (Å²) in [6, 6.07) is 18.0. The van der Waals surface area contributed by atoms with Crippen molar-refractivity contribution in [3.05, 3.63) is 77.4 Å². The average molecular weight is 616 g/mol. The van der Waals surface area contributed by atoms with Gasteiger partial charge in [0.05, 0.1) is 0 Å². The zero-order valence-corrected chi connectivity index (χ0v) is 28.5. The van der Waals surface area contributed by atoms with Gasteiger partial charge in [-0.1, -0.05) is 95.0 Å². The van der Waals surface area contributed by atoms with Crippen molar-refractivity contribution in [3.8, 4) is 0 Å². The number of anilines is 1. The van der Waals surface area contributed by atoms with Gasteiger partial charge in [-0.05, 0) is 93.0 Å². The lowest BCUT2D eigenvalue weighted by Gasteiger charge is -2.35. The Labute approximate surface area is 270 Å². The van der Waals surface area contributed by atoms with E-state index in [0.717, 1.165) is 59.6 Å². The number of nitrogens with zero attached hydrogens (tertiary/aromatic N) is 1. The Morgan fingerprint density at radius 2 is 1.53 bits per heavy atom. The summed E-state index contributed by atoms with van der Waals surface area (Å²) in [5.41, 5.74) is 2.83. The van der Waals surface area contributed by atoms with Crippen LogP contribution in [0.5, 0.6) is 0 Å². The minimum Gasteiger partial charge on any atom is -0.444 e. The first-order chi connectivity index (χ1) is 21.3. The van der Waals surface area contributed by atoms with E-state index in [9.17, 15) is 14.4 Å². The summed E-state index contributed by atoms with van der Waals surface area (Å²) >= 11 is 0. The molecule has 2 unspecified atom stereocenters. The normalized spacial score (nSPS) is 12.9. The summed E-state index contributed by atoms with van der Waals surface area (Å²) in [6.45, 7) is 16.0. The number of nitrogens with one attached hydrogen (secondary N) is 2. The molecule has 0 saturated heterocycles. The Kier molecular flexibility index (Phi) is 13.0. The van der Waals surface area contributed by atoms with Crippen LogP contribution in [0.25, 0.3) is 10.8 Å². The summed E-state index contributed by atoms with van der Waals surface area (Å²) < 4.78 is 5.54. The van der Waals surface area contributed by atoms with Crippen molar-refractivity contribution in [2.24, 2.45) is 5.92 Å². The molecule has 2 atom stereocenters. The number of hydrogen-bond acceptors (Lipinski definition) is 4. The van der Waals surface area contributed by atoms with Crippen LogP contribution in [0, 0.1) is 19.8 Å². The van der Waals surface area contributed by atoms with Crippen LogP contribution in [0.4, 0.5) is 10.5 Å². The Bertz CT molecular complexity index is 1440. The first-order valence-electron chi connectivity index (χ1n) is 16.5. The fraction of sp³-hybridized carbons (Fsp3) is 0.500. The van der Waals surface area contributed by atoms with Gasteiger partial charge in [0, 0.05) is 12.2 Å². The van der Waals surface area contributed by atoms with E-state index >= 15 is 0 Å². The van der Waals surface area contributed by atoms with E-state index in [0.29, 0.717) is 18.7 Å². The molecule has 0 spiro atoms. The van der Waals surface area contributed by atoms with E-state index in [-0.39, 0.29) is 17.7 Å². The second-order valence-corrected chi connectivity index (χ2v) is 13.6. The van der Waals surface area contributed by atoms with Gasteiger partial charge >= 0.3 is 6.09 Å². The summed E-state index contributed by atoms with van der Waals surface area (Å²) in [7, 11) is 0. The number of carbonyl (C=O) groups is 3. The smallest absolute Gasteiger partial charge is 0.408 e. The van der Waals surface area contributed by atoms with E-state index in [4.69, 9.17) is 4.74 Å². The largest absolute Gasteiger partial charge is 0.444 e. The molecule has 0 heterocycles. The minimum atomic E-state index is -0.899. The quantitative estimate of drug-likeness (QED) is 0.177. The molecular weight excluding hydrogens is 562 g/mol. The third kappa shape index (κ3) is 10.9. The second kappa shape index (κ2) is 16.4. The SMILES string of the molecule is CCCCCCCN(C(=O)C(CC(C)C)NC(=O)OC(C)(C)C)C(C(=O)Nc1ccc2ccccc2c1)c1ccc(C)c(C)c1. The van der Waals surface area contributed by atoms with Gasteiger partial charge in [0.15, 0.2) is 0 Å². The van der Waals surface area contributed by atoms with Crippen LogP contribution in [0.15, 0.2) is 60.7 Å². The highest BCUT2D eigenvalue weighted by Crippen LogP contribution is 2.29. The lowest BCUT2D eigenvalue weighted by molar-refractivity contribution is -0.141. The highest BCUT2D eigenvalue weighted by atomic mass is 16.6. The molecule has 3 aromatic rings. The minimum absolute atomic E-state index is 0.117. The fourth-order valence-corrected chi connectivity index (χ4v) is 5.48. The predicted octanol–water partition coefficient (Wildman–Crippen LogP) is 8.87. The van der Waals surface area contributed by atoms with Gasteiger partial charge < -0.3 is 20.3 Å². The highest BCUT2D eigenvalue weighted by Gasteiger charge is 2.36. The van der Waals surface area contributed by atoms with Crippen molar-refractivity contribution in [2.75, 3.05) is 11.9 Å². The molecule has 0 aliphatic carbocycles. The molecular formula is C38H53N3O4. The Morgan fingerprint density at radius 3 is 2.18 bits per heavy atom. The lowest BCUT2D eigenvalue weighted by atomic mass is 9.96. The second-order valence-electron chi connectivity index (χ2n) is 13.6. The third-order valence-corrected chi connectivity index (χ3v) is 7.91. The van der Waals surface area contributed by atoms with Gasteiger partial charge in [0.1, 0.15) is 17.7 Å². The maximum atomic E-state index is 14.6. The van der Waals surface area contributed by atoms with E-state index < -0.39 is 23.8 Å². The van der Waals surface area contributed by atoms with Crippen LogP contribution in [-0.2, 0) is 14.3 Å². The van der Waals surface area contributed by atoms with Gasteiger partial charge in [-0.3, -0.25) is 9.59 Å². The maximum absolute atomic E-state index is 14.6. The van der Waals surface area contributed by atoms with Gasteiger partial charge in [-0.15, -0.1) is 0 Å². The van der Waals surface area contributed by atoms with Crippen molar-refractivity contribution in [1.82, 2.24) is 10.2 Å². The lowest BCUT2D eigenvalue weighted by Crippen LogP contribution is -2.53. The van der Waals surface area contributed by atoms with Crippen LogP contribution in [0.2, 0.25) is 0 Å². The van der Waals surface area contributed by atoms with E-state index in [1.54, 1.807) is 25.7 Å². The summed E-state index contributed by atoms with van der Waals surface area (Å²) in [4.78, 5) is 43.5. The molecule has 7 heteroatoms. The molecule has 3 rings (SSSR count). The molecule has 0 bridgehead atoms.